The van der Waals surface area contributed by atoms with E-state index < -0.39 is 5.60 Å². The predicted molar refractivity (Wildman–Crippen MR) is 146 cm³/mol. The first kappa shape index (κ1) is 28.3. The number of rotatable bonds is 7. The second-order valence-corrected chi connectivity index (χ2v) is 11.6. The summed E-state index contributed by atoms with van der Waals surface area (Å²) in [6.07, 6.45) is 1.83. The maximum absolute atomic E-state index is 12.3. The topological polar surface area (TPSA) is 101 Å². The molecule has 0 radical (unpaired) electrons. The Labute approximate surface area is 227 Å². The summed E-state index contributed by atoms with van der Waals surface area (Å²) in [5.74, 6) is 1.48. The van der Waals surface area contributed by atoms with Gasteiger partial charge < -0.3 is 29.1 Å². The zero-order valence-corrected chi connectivity index (χ0v) is 23.7. The lowest BCUT2D eigenvalue weighted by Gasteiger charge is -2.48. The van der Waals surface area contributed by atoms with Crippen molar-refractivity contribution in [3.05, 3.63) is 11.8 Å². The molecule has 3 aliphatic heterocycles. The van der Waals surface area contributed by atoms with Crippen LogP contribution in [0.5, 0.6) is 0 Å². The van der Waals surface area contributed by atoms with Gasteiger partial charge in [0.2, 0.25) is 5.95 Å². The third-order valence-electron chi connectivity index (χ3n) is 7.49. The van der Waals surface area contributed by atoms with E-state index in [0.29, 0.717) is 30.8 Å². The van der Waals surface area contributed by atoms with E-state index in [1.807, 2.05) is 26.8 Å². The minimum absolute atomic E-state index is 0.231. The van der Waals surface area contributed by atoms with E-state index in [4.69, 9.17) is 14.5 Å². The number of likely N-dealkylation sites (tertiary alicyclic amines) is 1. The normalized spacial score (nSPS) is 22.1. The smallest absolute Gasteiger partial charge is 0.410 e. The van der Waals surface area contributed by atoms with Crippen LogP contribution in [-0.4, -0.2) is 128 Å². The molecule has 3 aliphatic rings. The Hall–Kier alpha value is -2.68. The van der Waals surface area contributed by atoms with E-state index in [-0.39, 0.29) is 12.1 Å². The molecule has 4 rings (SSSR count). The summed E-state index contributed by atoms with van der Waals surface area (Å²) < 4.78 is 10.7. The number of amides is 1. The van der Waals surface area contributed by atoms with Gasteiger partial charge in [0, 0.05) is 90.8 Å². The molecule has 4 heterocycles. The van der Waals surface area contributed by atoms with Gasteiger partial charge in [0.25, 0.3) is 0 Å². The molecule has 38 heavy (non-hydrogen) atoms. The Balaban J connectivity index is 1.34. The number of anilines is 2. The van der Waals surface area contributed by atoms with Crippen LogP contribution < -0.4 is 9.80 Å². The molecule has 0 bridgehead atoms. The maximum Gasteiger partial charge on any atom is 0.410 e. The van der Waals surface area contributed by atoms with E-state index in [9.17, 15) is 10.1 Å². The van der Waals surface area contributed by atoms with E-state index >= 15 is 0 Å². The molecule has 210 valence electrons. The summed E-state index contributed by atoms with van der Waals surface area (Å²) in [6, 6.07) is 4.68. The summed E-state index contributed by atoms with van der Waals surface area (Å²) in [6.45, 7) is 17.4. The number of methoxy groups -OCH3 is 1. The van der Waals surface area contributed by atoms with E-state index in [1.165, 1.54) is 0 Å². The summed E-state index contributed by atoms with van der Waals surface area (Å²) in [5, 5.41) is 9.71. The molecule has 1 aromatic rings. The van der Waals surface area contributed by atoms with Crippen LogP contribution in [0.3, 0.4) is 0 Å². The zero-order valence-electron chi connectivity index (χ0n) is 23.7. The highest BCUT2D eigenvalue weighted by Crippen LogP contribution is 2.25. The molecule has 0 saturated carbocycles. The number of piperazine rings is 1. The standard InChI is InChI=1S/C27H44N8O3/c1-21-18-31(9-7-15-37-5)8-6-10-35(21)25-29-22(17-28)16-24(30-25)33-13-11-32(12-14-33)23-19-34(20-23)26(36)38-27(2,3)4/h16,21,23H,6-15,18-20H2,1-5H3/t21-/m0/s1. The van der Waals surface area contributed by atoms with Crippen molar-refractivity contribution >= 4 is 17.9 Å². The average molecular weight is 529 g/mol. The molecule has 1 aromatic heterocycles. The van der Waals surface area contributed by atoms with Gasteiger partial charge in [0.15, 0.2) is 0 Å². The molecule has 0 aliphatic carbocycles. The molecular formula is C27H44N8O3. The lowest BCUT2D eigenvalue weighted by molar-refractivity contribution is -0.0162. The Bertz CT molecular complexity index is 980. The molecule has 11 nitrogen and oxygen atoms in total. The fourth-order valence-electron chi connectivity index (χ4n) is 5.43. The molecule has 1 atom stereocenters. The SMILES string of the molecule is COCCCN1CCCN(c2nc(C#N)cc(N3CCN(C4CN(C(=O)OC(C)(C)C)C4)CC3)n2)[C@@H](C)C1. The summed E-state index contributed by atoms with van der Waals surface area (Å²) in [5.41, 5.74) is -0.0612. The van der Waals surface area contributed by atoms with Gasteiger partial charge >= 0.3 is 6.09 Å². The highest BCUT2D eigenvalue weighted by molar-refractivity contribution is 5.69. The number of nitrogens with zero attached hydrogens (tertiary/aromatic N) is 8. The molecule has 11 heteroatoms. The van der Waals surface area contributed by atoms with Gasteiger partial charge in [0.05, 0.1) is 0 Å². The monoisotopic (exact) mass is 528 g/mol. The Morgan fingerprint density at radius 2 is 1.84 bits per heavy atom. The zero-order chi connectivity index (χ0) is 27.3. The first-order valence-electron chi connectivity index (χ1n) is 13.9. The van der Waals surface area contributed by atoms with Crippen molar-refractivity contribution in [2.75, 3.05) is 89.0 Å². The number of ether oxygens (including phenoxy) is 2. The van der Waals surface area contributed by atoms with Crippen LogP contribution in [0.15, 0.2) is 6.07 Å². The van der Waals surface area contributed by atoms with Gasteiger partial charge in [-0.1, -0.05) is 0 Å². The van der Waals surface area contributed by atoms with E-state index in [0.717, 1.165) is 77.6 Å². The van der Waals surface area contributed by atoms with E-state index in [2.05, 4.69) is 37.6 Å². The van der Waals surface area contributed by atoms with Crippen LogP contribution in [-0.2, 0) is 9.47 Å². The van der Waals surface area contributed by atoms with Crippen LogP contribution in [0.1, 0.15) is 46.2 Å². The second kappa shape index (κ2) is 12.5. The minimum Gasteiger partial charge on any atom is -0.444 e. The van der Waals surface area contributed by atoms with Crippen LogP contribution >= 0.6 is 0 Å². The van der Waals surface area contributed by atoms with Gasteiger partial charge in [-0.3, -0.25) is 4.90 Å². The summed E-state index contributed by atoms with van der Waals surface area (Å²) in [7, 11) is 1.75. The number of nitriles is 1. The average Bonchev–Trinajstić information content (AvgIpc) is 3.03. The number of hydrogen-bond acceptors (Lipinski definition) is 10. The van der Waals surface area contributed by atoms with Crippen molar-refractivity contribution in [3.63, 3.8) is 0 Å². The third kappa shape index (κ3) is 7.24. The number of carbonyl (C=O) groups is 1. The minimum atomic E-state index is -0.471. The first-order valence-corrected chi connectivity index (χ1v) is 13.9. The van der Waals surface area contributed by atoms with Crippen molar-refractivity contribution in [1.82, 2.24) is 24.7 Å². The quantitative estimate of drug-likeness (QED) is 0.489. The van der Waals surface area contributed by atoms with Crippen LogP contribution in [0.2, 0.25) is 0 Å². The second-order valence-electron chi connectivity index (χ2n) is 11.6. The van der Waals surface area contributed by atoms with Gasteiger partial charge in [0.1, 0.15) is 23.2 Å². The molecule has 0 spiro atoms. The molecule has 0 unspecified atom stereocenters. The lowest BCUT2D eigenvalue weighted by Crippen LogP contribution is -2.64. The predicted octanol–water partition coefficient (Wildman–Crippen LogP) is 2.03. The number of aromatic nitrogens is 2. The van der Waals surface area contributed by atoms with Crippen LogP contribution in [0, 0.1) is 11.3 Å². The van der Waals surface area contributed by atoms with Gasteiger partial charge in [-0.25, -0.2) is 9.78 Å². The van der Waals surface area contributed by atoms with Gasteiger partial charge in [-0.05, 0) is 47.1 Å². The molecule has 0 N–H and O–H groups in total. The Morgan fingerprint density at radius 3 is 2.50 bits per heavy atom. The largest absolute Gasteiger partial charge is 0.444 e. The highest BCUT2D eigenvalue weighted by atomic mass is 16.6. The Morgan fingerprint density at radius 1 is 1.11 bits per heavy atom. The number of carbonyl (C=O) groups excluding carboxylic acids is 1. The van der Waals surface area contributed by atoms with Crippen molar-refractivity contribution in [3.8, 4) is 6.07 Å². The van der Waals surface area contributed by atoms with Crippen molar-refractivity contribution in [2.24, 2.45) is 0 Å². The molecule has 3 fully saturated rings. The fourth-order valence-corrected chi connectivity index (χ4v) is 5.43. The number of hydrogen-bond donors (Lipinski definition) is 0. The van der Waals surface area contributed by atoms with Crippen molar-refractivity contribution in [1.29, 1.82) is 5.26 Å². The molecule has 0 aromatic carbocycles. The maximum atomic E-state index is 12.3. The van der Waals surface area contributed by atoms with Crippen LogP contribution in [0.4, 0.5) is 16.6 Å². The lowest BCUT2D eigenvalue weighted by atomic mass is 10.1. The van der Waals surface area contributed by atoms with Crippen LogP contribution in [0.25, 0.3) is 0 Å². The van der Waals surface area contributed by atoms with E-state index in [1.54, 1.807) is 12.0 Å². The first-order chi connectivity index (χ1) is 18.2. The third-order valence-corrected chi connectivity index (χ3v) is 7.49. The fraction of sp³-hybridized carbons (Fsp3) is 0.778. The molecule has 3 saturated heterocycles. The molecule has 1 amide bonds. The highest BCUT2D eigenvalue weighted by Gasteiger charge is 2.38. The van der Waals surface area contributed by atoms with Gasteiger partial charge in [-0.2, -0.15) is 10.2 Å². The molecular weight excluding hydrogens is 484 g/mol. The van der Waals surface area contributed by atoms with Crippen molar-refractivity contribution in [2.45, 2.75) is 58.2 Å². The van der Waals surface area contributed by atoms with Gasteiger partial charge in [-0.15, -0.1) is 0 Å². The summed E-state index contributed by atoms with van der Waals surface area (Å²) >= 11 is 0. The summed E-state index contributed by atoms with van der Waals surface area (Å²) in [4.78, 5) is 33.1. The Kier molecular flexibility index (Phi) is 9.28. The van der Waals surface area contributed by atoms with Crippen molar-refractivity contribution < 1.29 is 14.3 Å².